The van der Waals surface area contributed by atoms with E-state index < -0.39 is 5.97 Å². The molecule has 2 rings (SSSR count). The molecule has 1 N–H and O–H groups in total. The number of nitrogens with zero attached hydrogens (tertiary/aromatic N) is 4. The molecular weight excluding hydrogens is 232 g/mol. The molecule has 0 aliphatic heterocycles. The van der Waals surface area contributed by atoms with Crippen LogP contribution in [-0.2, 0) is 0 Å². The Morgan fingerprint density at radius 1 is 1.50 bits per heavy atom. The van der Waals surface area contributed by atoms with E-state index in [9.17, 15) is 4.79 Å². The van der Waals surface area contributed by atoms with Crippen LogP contribution in [0, 0.1) is 0 Å². The molecule has 0 aliphatic rings. The number of carboxylic acid groups (broad SMARTS) is 1. The van der Waals surface area contributed by atoms with Gasteiger partial charge in [0.05, 0.1) is 5.69 Å². The molecule has 0 atom stereocenters. The van der Waals surface area contributed by atoms with Crippen molar-refractivity contribution < 1.29 is 14.4 Å². The topological polar surface area (TPSA) is 102 Å². The van der Waals surface area contributed by atoms with Gasteiger partial charge < -0.3 is 9.63 Å². The zero-order valence-corrected chi connectivity index (χ0v) is 9.35. The highest BCUT2D eigenvalue weighted by Gasteiger charge is 2.21. The van der Waals surface area contributed by atoms with Gasteiger partial charge in [-0.25, -0.2) is 4.79 Å². The lowest BCUT2D eigenvalue weighted by Gasteiger charge is -1.98. The molecular formula is C8H8N4O3S. The largest absolute Gasteiger partial charge is 0.475 e. The predicted molar refractivity (Wildman–Crippen MR) is 54.2 cm³/mol. The monoisotopic (exact) mass is 240 g/mol. The van der Waals surface area contributed by atoms with Crippen LogP contribution in [0.5, 0.6) is 0 Å². The summed E-state index contributed by atoms with van der Waals surface area (Å²) in [6.45, 7) is 3.91. The maximum Gasteiger partial charge on any atom is 0.377 e. The van der Waals surface area contributed by atoms with Gasteiger partial charge in [0, 0.05) is 0 Å². The van der Waals surface area contributed by atoms with Crippen LogP contribution in [0.25, 0.3) is 10.8 Å². The molecule has 0 saturated heterocycles. The third-order valence-corrected chi connectivity index (χ3v) is 2.60. The third-order valence-electron chi connectivity index (χ3n) is 1.87. The number of carboxylic acids is 1. The summed E-state index contributed by atoms with van der Waals surface area (Å²) in [6.07, 6.45) is 0. The normalized spacial score (nSPS) is 10.9. The van der Waals surface area contributed by atoms with E-state index in [0.29, 0.717) is 4.88 Å². The average Bonchev–Trinajstić information content (AvgIpc) is 2.86. The zero-order chi connectivity index (χ0) is 11.7. The van der Waals surface area contributed by atoms with E-state index in [1.54, 1.807) is 0 Å². The number of rotatable bonds is 3. The van der Waals surface area contributed by atoms with E-state index in [1.807, 2.05) is 13.8 Å². The van der Waals surface area contributed by atoms with Crippen molar-refractivity contribution in [3.63, 3.8) is 0 Å². The van der Waals surface area contributed by atoms with Crippen LogP contribution < -0.4 is 0 Å². The molecule has 84 valence electrons. The first-order valence-electron chi connectivity index (χ1n) is 4.49. The highest BCUT2D eigenvalue weighted by Crippen LogP contribution is 2.29. The summed E-state index contributed by atoms with van der Waals surface area (Å²) in [5.74, 6) is -1.28. The Hall–Kier alpha value is -1.83. The molecule has 0 amide bonds. The highest BCUT2D eigenvalue weighted by atomic mass is 32.1. The van der Waals surface area contributed by atoms with Gasteiger partial charge in [0.1, 0.15) is 4.88 Å². The fourth-order valence-electron chi connectivity index (χ4n) is 1.13. The first kappa shape index (κ1) is 10.7. The van der Waals surface area contributed by atoms with Crippen molar-refractivity contribution in [1.29, 1.82) is 0 Å². The zero-order valence-electron chi connectivity index (χ0n) is 8.54. The summed E-state index contributed by atoms with van der Waals surface area (Å²) in [4.78, 5) is 15.0. The van der Waals surface area contributed by atoms with Gasteiger partial charge in [0.15, 0.2) is 0 Å². The fraction of sp³-hybridized carbons (Fsp3) is 0.375. The van der Waals surface area contributed by atoms with E-state index in [0.717, 1.165) is 17.2 Å². The van der Waals surface area contributed by atoms with E-state index in [1.165, 1.54) is 0 Å². The fourth-order valence-corrected chi connectivity index (χ4v) is 1.87. The van der Waals surface area contributed by atoms with E-state index in [-0.39, 0.29) is 17.6 Å². The number of carbonyl (C=O) groups is 1. The van der Waals surface area contributed by atoms with Gasteiger partial charge >= 0.3 is 5.97 Å². The van der Waals surface area contributed by atoms with Crippen molar-refractivity contribution in [2.45, 2.75) is 19.8 Å². The molecule has 2 heterocycles. The lowest BCUT2D eigenvalue weighted by Crippen LogP contribution is -1.98. The van der Waals surface area contributed by atoms with Gasteiger partial charge in [-0.1, -0.05) is 18.3 Å². The van der Waals surface area contributed by atoms with Crippen molar-refractivity contribution >= 4 is 17.5 Å². The van der Waals surface area contributed by atoms with Crippen molar-refractivity contribution in [3.05, 3.63) is 11.5 Å². The van der Waals surface area contributed by atoms with E-state index in [4.69, 9.17) is 9.63 Å². The molecule has 8 heteroatoms. The number of hydrogen-bond donors (Lipinski definition) is 1. The van der Waals surface area contributed by atoms with Gasteiger partial charge in [-0.15, -0.1) is 5.10 Å². The number of aromatic nitrogens is 4. The molecule has 0 aromatic carbocycles. The minimum atomic E-state index is -1.22. The lowest BCUT2D eigenvalue weighted by atomic mass is 10.1. The van der Waals surface area contributed by atoms with Crippen LogP contribution in [0.4, 0.5) is 0 Å². The summed E-state index contributed by atoms with van der Waals surface area (Å²) in [7, 11) is 0. The maximum absolute atomic E-state index is 10.6. The van der Waals surface area contributed by atoms with Crippen molar-refractivity contribution in [1.82, 2.24) is 19.7 Å². The van der Waals surface area contributed by atoms with Gasteiger partial charge in [0.25, 0.3) is 11.7 Å². The quantitative estimate of drug-likeness (QED) is 0.865. The summed E-state index contributed by atoms with van der Waals surface area (Å²) in [6, 6.07) is 0. The molecule has 0 spiro atoms. The summed E-state index contributed by atoms with van der Waals surface area (Å²) in [5.41, 5.74) is 0.727. The maximum atomic E-state index is 10.6. The third kappa shape index (κ3) is 1.78. The Bertz CT molecular complexity index is 519. The summed E-state index contributed by atoms with van der Waals surface area (Å²) >= 11 is 1.11. The Kier molecular flexibility index (Phi) is 2.65. The van der Waals surface area contributed by atoms with Gasteiger partial charge in [-0.3, -0.25) is 0 Å². The molecule has 0 bridgehead atoms. The Balaban J connectivity index is 2.42. The van der Waals surface area contributed by atoms with Crippen LogP contribution in [0.1, 0.15) is 36.1 Å². The lowest BCUT2D eigenvalue weighted by molar-refractivity contribution is 0.0680. The van der Waals surface area contributed by atoms with Crippen molar-refractivity contribution in [2.75, 3.05) is 0 Å². The standard InChI is InChI=1S/C8H8N4O3S/c1-3(2)4-5(16-12-10-4)7-9-6(8(13)14)11-15-7/h3H,1-2H3,(H,13,14). The number of hydrogen-bond acceptors (Lipinski definition) is 7. The number of aromatic carboxylic acids is 1. The van der Waals surface area contributed by atoms with Crippen LogP contribution in [0.2, 0.25) is 0 Å². The van der Waals surface area contributed by atoms with E-state index in [2.05, 4.69) is 19.7 Å². The Morgan fingerprint density at radius 3 is 2.81 bits per heavy atom. The minimum absolute atomic E-state index is 0.149. The van der Waals surface area contributed by atoms with E-state index >= 15 is 0 Å². The Morgan fingerprint density at radius 2 is 2.25 bits per heavy atom. The second kappa shape index (κ2) is 3.97. The van der Waals surface area contributed by atoms with Crippen LogP contribution in [0.15, 0.2) is 4.52 Å². The first-order chi connectivity index (χ1) is 7.59. The van der Waals surface area contributed by atoms with Gasteiger partial charge in [-0.05, 0) is 22.6 Å². The molecule has 0 aliphatic carbocycles. The van der Waals surface area contributed by atoms with Crippen LogP contribution in [-0.4, -0.2) is 30.8 Å². The second-order valence-corrected chi connectivity index (χ2v) is 4.12. The average molecular weight is 240 g/mol. The second-order valence-electron chi connectivity index (χ2n) is 3.37. The minimum Gasteiger partial charge on any atom is -0.475 e. The molecule has 0 fully saturated rings. The molecule has 7 nitrogen and oxygen atoms in total. The molecule has 16 heavy (non-hydrogen) atoms. The molecule has 2 aromatic rings. The highest BCUT2D eigenvalue weighted by molar-refractivity contribution is 7.09. The van der Waals surface area contributed by atoms with Crippen molar-refractivity contribution in [2.24, 2.45) is 0 Å². The summed E-state index contributed by atoms with van der Waals surface area (Å²) < 4.78 is 8.64. The van der Waals surface area contributed by atoms with Crippen LogP contribution >= 0.6 is 11.5 Å². The van der Waals surface area contributed by atoms with Crippen LogP contribution in [0.3, 0.4) is 0 Å². The predicted octanol–water partition coefficient (Wildman–Crippen LogP) is 1.41. The molecule has 0 radical (unpaired) electrons. The molecule has 0 unspecified atom stereocenters. The SMILES string of the molecule is CC(C)c1nnsc1-c1nc(C(=O)O)no1. The molecule has 2 aromatic heterocycles. The molecule has 0 saturated carbocycles. The van der Waals surface area contributed by atoms with Gasteiger partial charge in [-0.2, -0.15) is 4.98 Å². The smallest absolute Gasteiger partial charge is 0.377 e. The van der Waals surface area contributed by atoms with Gasteiger partial charge in [0.2, 0.25) is 0 Å². The summed E-state index contributed by atoms with van der Waals surface area (Å²) in [5, 5.41) is 15.9. The first-order valence-corrected chi connectivity index (χ1v) is 5.26. The Labute approximate surface area is 94.3 Å². The van der Waals surface area contributed by atoms with Crippen molar-refractivity contribution in [3.8, 4) is 10.8 Å².